The van der Waals surface area contributed by atoms with Crippen molar-refractivity contribution in [3.8, 4) is 0 Å². The summed E-state index contributed by atoms with van der Waals surface area (Å²) in [7, 11) is 0. The van der Waals surface area contributed by atoms with E-state index in [9.17, 15) is 4.79 Å². The third kappa shape index (κ3) is 3.80. The van der Waals surface area contributed by atoms with Gasteiger partial charge in [0.25, 0.3) is 0 Å². The second-order valence-electron chi connectivity index (χ2n) is 5.58. The van der Waals surface area contributed by atoms with Crippen LogP contribution in [0.25, 0.3) is 0 Å². The molecule has 0 aromatic heterocycles. The van der Waals surface area contributed by atoms with E-state index >= 15 is 0 Å². The molecular formula is C18H24O2. The fraction of sp³-hybridized carbons (Fsp3) is 0.500. The summed E-state index contributed by atoms with van der Waals surface area (Å²) in [6.45, 7) is 5.46. The van der Waals surface area contributed by atoms with E-state index in [1.807, 2.05) is 25.1 Å². The lowest BCUT2D eigenvalue weighted by molar-refractivity contribution is -0.115. The summed E-state index contributed by atoms with van der Waals surface area (Å²) in [6, 6.07) is 10.2. The highest BCUT2D eigenvalue weighted by Gasteiger charge is 2.29. The van der Waals surface area contributed by atoms with Crippen LogP contribution in [0.3, 0.4) is 0 Å². The van der Waals surface area contributed by atoms with Crippen molar-refractivity contribution in [2.45, 2.75) is 46.1 Å². The molecule has 0 saturated carbocycles. The Morgan fingerprint density at radius 2 is 2.00 bits per heavy atom. The smallest absolute Gasteiger partial charge is 0.159 e. The number of rotatable bonds is 7. The molecule has 1 unspecified atom stereocenters. The summed E-state index contributed by atoms with van der Waals surface area (Å²) in [4.78, 5) is 11.9. The second kappa shape index (κ2) is 7.39. The van der Waals surface area contributed by atoms with Gasteiger partial charge in [0.15, 0.2) is 5.78 Å². The molecule has 1 atom stereocenters. The number of unbranched alkanes of at least 4 members (excludes halogenated alkanes) is 1. The zero-order valence-electron chi connectivity index (χ0n) is 12.5. The Bertz CT molecular complexity index is 473. The van der Waals surface area contributed by atoms with Crippen LogP contribution in [-0.2, 0) is 16.1 Å². The van der Waals surface area contributed by atoms with Gasteiger partial charge in [0.2, 0.25) is 0 Å². The molecule has 20 heavy (non-hydrogen) atoms. The summed E-state index contributed by atoms with van der Waals surface area (Å²) in [5.74, 6) is 0.613. The van der Waals surface area contributed by atoms with Gasteiger partial charge in [-0.25, -0.2) is 0 Å². The summed E-state index contributed by atoms with van der Waals surface area (Å²) in [5.41, 5.74) is 3.52. The minimum absolute atomic E-state index is 0.303. The molecule has 0 heterocycles. The number of benzene rings is 1. The number of hydrogen-bond acceptors (Lipinski definition) is 2. The van der Waals surface area contributed by atoms with Gasteiger partial charge >= 0.3 is 0 Å². The predicted octanol–water partition coefficient (Wildman–Crippen LogP) is 4.30. The molecule has 0 N–H and O–H groups in total. The molecule has 2 nitrogen and oxygen atoms in total. The third-order valence-corrected chi connectivity index (χ3v) is 4.05. The molecule has 0 spiro atoms. The predicted molar refractivity (Wildman–Crippen MR) is 81.4 cm³/mol. The van der Waals surface area contributed by atoms with Crippen LogP contribution in [-0.4, -0.2) is 12.4 Å². The molecule has 1 aliphatic rings. The molecule has 1 aliphatic carbocycles. The number of carbonyl (C=O) groups is 1. The van der Waals surface area contributed by atoms with Crippen molar-refractivity contribution < 1.29 is 9.53 Å². The van der Waals surface area contributed by atoms with Crippen LogP contribution in [0.5, 0.6) is 0 Å². The van der Waals surface area contributed by atoms with E-state index in [2.05, 4.69) is 19.1 Å². The lowest BCUT2D eigenvalue weighted by Crippen LogP contribution is -2.10. The number of carbonyl (C=O) groups excluding carboxylic acids is 1. The van der Waals surface area contributed by atoms with Gasteiger partial charge in [0.05, 0.1) is 13.2 Å². The van der Waals surface area contributed by atoms with Crippen LogP contribution in [0.2, 0.25) is 0 Å². The van der Waals surface area contributed by atoms with Crippen molar-refractivity contribution in [3.05, 3.63) is 47.0 Å². The van der Waals surface area contributed by atoms with Crippen molar-refractivity contribution >= 4 is 5.78 Å². The summed E-state index contributed by atoms with van der Waals surface area (Å²) in [6.07, 6.45) is 4.02. The summed E-state index contributed by atoms with van der Waals surface area (Å²) >= 11 is 0. The minimum atomic E-state index is 0.303. The normalized spacial score (nSPS) is 18.9. The van der Waals surface area contributed by atoms with Crippen LogP contribution in [0.4, 0.5) is 0 Å². The monoisotopic (exact) mass is 272 g/mol. The van der Waals surface area contributed by atoms with Crippen LogP contribution >= 0.6 is 0 Å². The van der Waals surface area contributed by atoms with Crippen molar-refractivity contribution in [1.29, 1.82) is 0 Å². The van der Waals surface area contributed by atoms with E-state index in [4.69, 9.17) is 4.74 Å². The number of allylic oxidation sites excluding steroid dienone is 1. The number of ether oxygens (including phenoxy) is 1. The van der Waals surface area contributed by atoms with E-state index in [0.29, 0.717) is 31.3 Å². The first-order valence-corrected chi connectivity index (χ1v) is 7.57. The molecule has 0 bridgehead atoms. The van der Waals surface area contributed by atoms with Gasteiger partial charge in [-0.1, -0.05) is 49.2 Å². The highest BCUT2D eigenvalue weighted by atomic mass is 16.5. The third-order valence-electron chi connectivity index (χ3n) is 4.05. The molecular weight excluding hydrogens is 248 g/mol. The fourth-order valence-electron chi connectivity index (χ4n) is 2.80. The SMILES string of the molecule is CCCCC1=C(C)C(=O)CC1COCc1ccccc1. The van der Waals surface area contributed by atoms with Gasteiger partial charge in [0, 0.05) is 12.3 Å². The lowest BCUT2D eigenvalue weighted by atomic mass is 9.96. The highest BCUT2D eigenvalue weighted by Crippen LogP contribution is 2.33. The van der Waals surface area contributed by atoms with Crippen LogP contribution in [0.15, 0.2) is 41.5 Å². The Kier molecular flexibility index (Phi) is 5.54. The van der Waals surface area contributed by atoms with Crippen molar-refractivity contribution in [2.24, 2.45) is 5.92 Å². The quantitative estimate of drug-likeness (QED) is 0.739. The van der Waals surface area contributed by atoms with Crippen LogP contribution in [0.1, 0.15) is 45.1 Å². The zero-order valence-corrected chi connectivity index (χ0v) is 12.5. The maximum atomic E-state index is 11.9. The van der Waals surface area contributed by atoms with Crippen molar-refractivity contribution in [2.75, 3.05) is 6.61 Å². The molecule has 0 amide bonds. The van der Waals surface area contributed by atoms with Crippen LogP contribution < -0.4 is 0 Å². The van der Waals surface area contributed by atoms with E-state index in [0.717, 1.165) is 18.4 Å². The minimum Gasteiger partial charge on any atom is -0.376 e. The maximum Gasteiger partial charge on any atom is 0.159 e. The summed E-state index contributed by atoms with van der Waals surface area (Å²) < 4.78 is 5.82. The van der Waals surface area contributed by atoms with E-state index in [-0.39, 0.29) is 0 Å². The molecule has 108 valence electrons. The first kappa shape index (κ1) is 15.0. The van der Waals surface area contributed by atoms with Gasteiger partial charge < -0.3 is 4.74 Å². The Balaban J connectivity index is 1.87. The average Bonchev–Trinajstić information content (AvgIpc) is 2.73. The highest BCUT2D eigenvalue weighted by molar-refractivity contribution is 5.98. The first-order chi connectivity index (χ1) is 9.72. The van der Waals surface area contributed by atoms with Gasteiger partial charge in [-0.05, 0) is 30.9 Å². The largest absolute Gasteiger partial charge is 0.376 e. The average molecular weight is 272 g/mol. The standard InChI is InChI=1S/C18H24O2/c1-3-4-10-17-14(2)18(19)11-16(17)13-20-12-15-8-6-5-7-9-15/h5-9,16H,3-4,10-13H2,1-2H3. The topological polar surface area (TPSA) is 26.3 Å². The van der Waals surface area contributed by atoms with Crippen molar-refractivity contribution in [3.63, 3.8) is 0 Å². The van der Waals surface area contributed by atoms with Gasteiger partial charge in [-0.15, -0.1) is 0 Å². The summed E-state index contributed by atoms with van der Waals surface area (Å²) in [5, 5.41) is 0. The number of Topliss-reactive ketones (excluding diaryl/α,β-unsaturated/α-hetero) is 1. The Morgan fingerprint density at radius 1 is 1.25 bits per heavy atom. The molecule has 0 saturated heterocycles. The first-order valence-electron chi connectivity index (χ1n) is 7.57. The molecule has 1 aromatic carbocycles. The van der Waals surface area contributed by atoms with E-state index in [1.54, 1.807) is 0 Å². The van der Waals surface area contributed by atoms with Crippen LogP contribution in [0, 0.1) is 5.92 Å². The van der Waals surface area contributed by atoms with E-state index in [1.165, 1.54) is 17.6 Å². The van der Waals surface area contributed by atoms with Gasteiger partial charge in [0.1, 0.15) is 0 Å². The molecule has 0 radical (unpaired) electrons. The number of ketones is 1. The second-order valence-corrected chi connectivity index (χ2v) is 5.58. The Morgan fingerprint density at radius 3 is 2.70 bits per heavy atom. The maximum absolute atomic E-state index is 11.9. The molecule has 0 fully saturated rings. The molecule has 1 aromatic rings. The number of hydrogen-bond donors (Lipinski definition) is 0. The molecule has 2 heteroatoms. The van der Waals surface area contributed by atoms with E-state index < -0.39 is 0 Å². The fourth-order valence-corrected chi connectivity index (χ4v) is 2.80. The lowest BCUT2D eigenvalue weighted by Gasteiger charge is -2.15. The molecule has 0 aliphatic heterocycles. The van der Waals surface area contributed by atoms with Gasteiger partial charge in [-0.3, -0.25) is 4.79 Å². The zero-order chi connectivity index (χ0) is 14.4. The Labute approximate surface area is 121 Å². The van der Waals surface area contributed by atoms with Gasteiger partial charge in [-0.2, -0.15) is 0 Å². The Hall–Kier alpha value is -1.41. The van der Waals surface area contributed by atoms with Crippen molar-refractivity contribution in [1.82, 2.24) is 0 Å². The molecule has 2 rings (SSSR count).